The first-order valence-corrected chi connectivity index (χ1v) is 7.93. The van der Waals surface area contributed by atoms with Gasteiger partial charge in [0, 0.05) is 12.6 Å². The number of carbonyl (C=O) groups is 1. The van der Waals surface area contributed by atoms with E-state index in [1.807, 2.05) is 35.2 Å². The fourth-order valence-electron chi connectivity index (χ4n) is 3.06. The van der Waals surface area contributed by atoms with Crippen LogP contribution in [0.5, 0.6) is 11.5 Å². The molecule has 1 aliphatic rings. The number of aromatic hydroxyl groups is 1. The zero-order valence-electron chi connectivity index (χ0n) is 13.6. The first kappa shape index (κ1) is 16.5. The molecule has 24 heavy (non-hydrogen) atoms. The van der Waals surface area contributed by atoms with Crippen LogP contribution in [0.15, 0.2) is 48.5 Å². The molecule has 1 N–H and O–H groups in total. The van der Waals surface area contributed by atoms with Crippen LogP contribution in [0.4, 0.5) is 0 Å². The van der Waals surface area contributed by atoms with Gasteiger partial charge in [-0.1, -0.05) is 24.3 Å². The van der Waals surface area contributed by atoms with E-state index in [0.717, 1.165) is 29.6 Å². The standard InChI is InChI=1S/C19H21NO4/c1-23-18-7-3-4-14(10-18)8-16-13-24-19(12-21)20(16)11-15-5-2-6-17(22)9-15/h2-7,9-10,12,16,19,22H,8,11,13H2,1H3/t16-,19?/m0/s1. The highest BCUT2D eigenvalue weighted by Crippen LogP contribution is 2.24. The Balaban J connectivity index is 1.76. The smallest absolute Gasteiger partial charge is 0.167 e. The monoisotopic (exact) mass is 327 g/mol. The van der Waals surface area contributed by atoms with Crippen LogP contribution in [0.2, 0.25) is 0 Å². The van der Waals surface area contributed by atoms with Crippen molar-refractivity contribution in [3.63, 3.8) is 0 Å². The van der Waals surface area contributed by atoms with Gasteiger partial charge in [-0.15, -0.1) is 0 Å². The van der Waals surface area contributed by atoms with Gasteiger partial charge in [-0.3, -0.25) is 9.69 Å². The van der Waals surface area contributed by atoms with Crippen molar-refractivity contribution in [3.05, 3.63) is 59.7 Å². The van der Waals surface area contributed by atoms with Gasteiger partial charge in [0.15, 0.2) is 12.5 Å². The molecule has 1 aliphatic heterocycles. The maximum atomic E-state index is 11.3. The second-order valence-electron chi connectivity index (χ2n) is 5.91. The molecule has 1 fully saturated rings. The second kappa shape index (κ2) is 7.47. The third-order valence-corrected chi connectivity index (χ3v) is 4.25. The van der Waals surface area contributed by atoms with Gasteiger partial charge in [0.25, 0.3) is 0 Å². The van der Waals surface area contributed by atoms with E-state index < -0.39 is 6.23 Å². The van der Waals surface area contributed by atoms with E-state index >= 15 is 0 Å². The van der Waals surface area contributed by atoms with E-state index in [2.05, 4.69) is 0 Å². The molecule has 0 saturated carbocycles. The van der Waals surface area contributed by atoms with Crippen LogP contribution in [0.3, 0.4) is 0 Å². The van der Waals surface area contributed by atoms with E-state index in [1.165, 1.54) is 0 Å². The number of hydrogen-bond acceptors (Lipinski definition) is 5. The van der Waals surface area contributed by atoms with Crippen molar-refractivity contribution >= 4 is 6.29 Å². The summed E-state index contributed by atoms with van der Waals surface area (Å²) >= 11 is 0. The van der Waals surface area contributed by atoms with E-state index in [-0.39, 0.29) is 11.8 Å². The van der Waals surface area contributed by atoms with Gasteiger partial charge in [0.05, 0.1) is 13.7 Å². The van der Waals surface area contributed by atoms with Crippen LogP contribution in [-0.2, 0) is 22.5 Å². The molecule has 1 heterocycles. The number of nitrogens with zero attached hydrogens (tertiary/aromatic N) is 1. The molecule has 5 heteroatoms. The molecule has 0 aliphatic carbocycles. The minimum atomic E-state index is -0.553. The third-order valence-electron chi connectivity index (χ3n) is 4.25. The minimum Gasteiger partial charge on any atom is -0.508 e. The number of phenols is 1. The number of carbonyl (C=O) groups excluding carboxylic acids is 1. The highest BCUT2D eigenvalue weighted by atomic mass is 16.5. The Morgan fingerprint density at radius 2 is 2.04 bits per heavy atom. The zero-order valence-corrected chi connectivity index (χ0v) is 13.6. The zero-order chi connectivity index (χ0) is 16.9. The van der Waals surface area contributed by atoms with Gasteiger partial charge in [-0.05, 0) is 41.8 Å². The van der Waals surface area contributed by atoms with Crippen LogP contribution < -0.4 is 4.74 Å². The van der Waals surface area contributed by atoms with Crippen molar-refractivity contribution in [3.8, 4) is 11.5 Å². The van der Waals surface area contributed by atoms with E-state index in [1.54, 1.807) is 25.3 Å². The average Bonchev–Trinajstić information content (AvgIpc) is 2.97. The maximum absolute atomic E-state index is 11.3. The van der Waals surface area contributed by atoms with Crippen molar-refractivity contribution in [2.75, 3.05) is 13.7 Å². The Hall–Kier alpha value is -2.37. The molecule has 2 aromatic rings. The van der Waals surface area contributed by atoms with Crippen LogP contribution in [0, 0.1) is 0 Å². The fourth-order valence-corrected chi connectivity index (χ4v) is 3.06. The number of phenolic OH excluding ortho intramolecular Hbond substituents is 1. The van der Waals surface area contributed by atoms with E-state index in [0.29, 0.717) is 13.2 Å². The van der Waals surface area contributed by atoms with Crippen LogP contribution in [0.25, 0.3) is 0 Å². The van der Waals surface area contributed by atoms with Gasteiger partial charge in [-0.2, -0.15) is 0 Å². The molecular weight excluding hydrogens is 306 g/mol. The quantitative estimate of drug-likeness (QED) is 0.826. The fraction of sp³-hybridized carbons (Fsp3) is 0.316. The van der Waals surface area contributed by atoms with Crippen molar-refractivity contribution in [1.82, 2.24) is 4.90 Å². The van der Waals surface area contributed by atoms with Crippen LogP contribution in [-0.4, -0.2) is 42.3 Å². The molecule has 1 unspecified atom stereocenters. The number of benzene rings is 2. The van der Waals surface area contributed by atoms with Crippen LogP contribution >= 0.6 is 0 Å². The van der Waals surface area contributed by atoms with Gasteiger partial charge < -0.3 is 14.6 Å². The summed E-state index contributed by atoms with van der Waals surface area (Å²) in [4.78, 5) is 13.4. The number of rotatable bonds is 6. The predicted molar refractivity (Wildman–Crippen MR) is 89.9 cm³/mol. The summed E-state index contributed by atoms with van der Waals surface area (Å²) in [5, 5.41) is 9.64. The molecule has 126 valence electrons. The van der Waals surface area contributed by atoms with Crippen LogP contribution in [0.1, 0.15) is 11.1 Å². The minimum absolute atomic E-state index is 0.0923. The number of ether oxygens (including phenoxy) is 2. The Kier molecular flexibility index (Phi) is 5.13. The Bertz CT molecular complexity index is 703. The SMILES string of the molecule is COc1cccc(C[C@H]2COC(C=O)N2Cc2cccc(O)c2)c1. The lowest BCUT2D eigenvalue weighted by atomic mass is 10.0. The lowest BCUT2D eigenvalue weighted by Gasteiger charge is -2.25. The largest absolute Gasteiger partial charge is 0.508 e. The summed E-state index contributed by atoms with van der Waals surface area (Å²) in [6, 6.07) is 15.1. The lowest BCUT2D eigenvalue weighted by molar-refractivity contribution is -0.122. The van der Waals surface area contributed by atoms with E-state index in [9.17, 15) is 9.90 Å². The Morgan fingerprint density at radius 3 is 2.79 bits per heavy atom. The van der Waals surface area contributed by atoms with Crippen molar-refractivity contribution in [2.45, 2.75) is 25.2 Å². The van der Waals surface area contributed by atoms with Crippen molar-refractivity contribution < 1.29 is 19.4 Å². The number of methoxy groups -OCH3 is 1. The summed E-state index contributed by atoms with van der Waals surface area (Å²) in [6.07, 6.45) is 1.04. The third kappa shape index (κ3) is 3.75. The topological polar surface area (TPSA) is 59.0 Å². The number of aldehydes is 1. The molecule has 5 nitrogen and oxygen atoms in total. The molecule has 2 atom stereocenters. The normalized spacial score (nSPS) is 20.9. The first-order valence-electron chi connectivity index (χ1n) is 7.93. The molecule has 3 rings (SSSR count). The highest BCUT2D eigenvalue weighted by Gasteiger charge is 2.34. The summed E-state index contributed by atoms with van der Waals surface area (Å²) in [5.74, 6) is 1.04. The van der Waals surface area contributed by atoms with Gasteiger partial charge >= 0.3 is 0 Å². The molecule has 0 spiro atoms. The Morgan fingerprint density at radius 1 is 1.25 bits per heavy atom. The molecule has 0 bridgehead atoms. The molecule has 0 aromatic heterocycles. The first-order chi connectivity index (χ1) is 11.7. The average molecular weight is 327 g/mol. The summed E-state index contributed by atoms with van der Waals surface area (Å²) in [7, 11) is 1.65. The second-order valence-corrected chi connectivity index (χ2v) is 5.91. The maximum Gasteiger partial charge on any atom is 0.167 e. The van der Waals surface area contributed by atoms with E-state index in [4.69, 9.17) is 9.47 Å². The highest BCUT2D eigenvalue weighted by molar-refractivity contribution is 5.56. The molecule has 0 amide bonds. The van der Waals surface area contributed by atoms with Crippen molar-refractivity contribution in [1.29, 1.82) is 0 Å². The Labute approximate surface area is 141 Å². The van der Waals surface area contributed by atoms with Gasteiger partial charge in [-0.25, -0.2) is 0 Å². The summed E-state index contributed by atoms with van der Waals surface area (Å²) in [6.45, 7) is 1.05. The van der Waals surface area contributed by atoms with Gasteiger partial charge in [0.2, 0.25) is 0 Å². The molecular formula is C19H21NO4. The molecule has 0 radical (unpaired) electrons. The summed E-state index contributed by atoms with van der Waals surface area (Å²) < 4.78 is 10.9. The molecule has 2 aromatic carbocycles. The molecule has 1 saturated heterocycles. The number of hydrogen-bond donors (Lipinski definition) is 1. The predicted octanol–water partition coefficient (Wildman–Crippen LogP) is 2.37. The summed E-state index contributed by atoms with van der Waals surface area (Å²) in [5.41, 5.74) is 2.08. The van der Waals surface area contributed by atoms with Gasteiger partial charge in [0.1, 0.15) is 11.5 Å². The van der Waals surface area contributed by atoms with Crippen molar-refractivity contribution in [2.24, 2.45) is 0 Å². The lowest BCUT2D eigenvalue weighted by Crippen LogP contribution is -2.38.